The molecule has 10 aromatic rings. The second-order valence-electron chi connectivity index (χ2n) is 22.1. The zero-order valence-corrected chi connectivity index (χ0v) is 53.7. The number of rotatable bonds is 16. The number of nitrogens with two attached hydrogens (primary N) is 2. The van der Waals surface area contributed by atoms with E-state index in [2.05, 4.69) is 243 Å². The summed E-state index contributed by atoms with van der Waals surface area (Å²) >= 11 is 0. The Morgan fingerprint density at radius 1 is 0.253 bits per heavy atom. The summed E-state index contributed by atoms with van der Waals surface area (Å²) in [5.41, 5.74) is 26.3. The van der Waals surface area contributed by atoms with Crippen molar-refractivity contribution in [2.75, 3.05) is 60.1 Å². The summed E-state index contributed by atoms with van der Waals surface area (Å²) in [5.74, 6) is 0. The van der Waals surface area contributed by atoms with Crippen molar-refractivity contribution in [1.82, 2.24) is 0 Å². The van der Waals surface area contributed by atoms with Crippen LogP contribution in [0.4, 0.5) is 91.0 Å². The average Bonchev–Trinajstić information content (AvgIpc) is 1.32. The third-order valence-corrected chi connectivity index (χ3v) is 14.7. The van der Waals surface area contributed by atoms with Gasteiger partial charge in [-0.25, -0.2) is 20.0 Å². The summed E-state index contributed by atoms with van der Waals surface area (Å²) in [6.07, 6.45) is 16.0. The van der Waals surface area contributed by atoms with Gasteiger partial charge in [0.25, 0.3) is 0 Å². The van der Waals surface area contributed by atoms with Crippen molar-refractivity contribution in [3.8, 4) is 0 Å². The van der Waals surface area contributed by atoms with Crippen LogP contribution in [0.2, 0.25) is 0 Å². The van der Waals surface area contributed by atoms with Gasteiger partial charge in [0.05, 0.1) is 34.2 Å². The second-order valence-corrected chi connectivity index (χ2v) is 22.1. The third kappa shape index (κ3) is 24.3. The molecule has 2 aliphatic rings. The summed E-state index contributed by atoms with van der Waals surface area (Å²) < 4.78 is 0. The summed E-state index contributed by atoms with van der Waals surface area (Å²) in [4.78, 5) is 17.1. The summed E-state index contributed by atoms with van der Waals surface area (Å²) in [5, 5.41) is 23.9. The minimum absolute atomic E-state index is 0. The smallest absolute Gasteiger partial charge is 0.198 e. The molecule has 95 heavy (non-hydrogen) atoms. The van der Waals surface area contributed by atoms with Gasteiger partial charge in [-0.2, -0.15) is 0 Å². The molecule has 0 heterocycles. The molecule has 2 aliphatic carbocycles. The number of quaternary nitrogens is 2. The molecule has 0 bridgehead atoms. The van der Waals surface area contributed by atoms with Gasteiger partial charge in [0.1, 0.15) is 29.8 Å². The summed E-state index contributed by atoms with van der Waals surface area (Å²) in [6.45, 7) is 8.37. The average molecular weight is 1260 g/mol. The molecule has 0 aliphatic heterocycles. The number of hydrogen-bond donors (Lipinski definition) is 9. The van der Waals surface area contributed by atoms with E-state index in [4.69, 9.17) is 4.99 Å². The Kier molecular flexibility index (Phi) is 28.9. The second kappa shape index (κ2) is 37.8. The molecule has 12 nitrogen and oxygen atoms in total. The lowest BCUT2D eigenvalue weighted by Crippen LogP contribution is -2.70. The van der Waals surface area contributed by atoms with E-state index in [0.717, 1.165) is 91.1 Å². The van der Waals surface area contributed by atoms with Gasteiger partial charge in [-0.3, -0.25) is 10.6 Å². The fourth-order valence-corrected chi connectivity index (χ4v) is 9.31. The predicted octanol–water partition coefficient (Wildman–Crippen LogP) is 18.6. The number of hydrogen-bond acceptors (Lipinski definition) is 9. The molecule has 0 atom stereocenters. The van der Waals surface area contributed by atoms with Gasteiger partial charge in [0, 0.05) is 109 Å². The molecule has 0 unspecified atom stereocenters. The highest BCUT2D eigenvalue weighted by Crippen LogP contribution is 2.25. The molecule has 0 aromatic heterocycles. The lowest BCUT2D eigenvalue weighted by Gasteiger charge is -2.08. The molecular weight excluding hydrogens is 1160 g/mol. The van der Waals surface area contributed by atoms with Crippen molar-refractivity contribution < 1.29 is 15.6 Å². The first-order chi connectivity index (χ1) is 44.9. The maximum atomic E-state index is 4.69. The lowest BCUT2D eigenvalue weighted by atomic mass is 10.1. The fraction of sp³-hybridized carbons (Fsp3) is 0.133. The quantitative estimate of drug-likeness (QED) is 0.0346. The van der Waals surface area contributed by atoms with E-state index in [9.17, 15) is 0 Å². The van der Waals surface area contributed by atoms with E-state index in [1.807, 2.05) is 162 Å². The normalized spacial score (nSPS) is 11.4. The Bertz CT molecular complexity index is 4060. The first kappa shape index (κ1) is 72.6. The van der Waals surface area contributed by atoms with Gasteiger partial charge in [0.15, 0.2) is 5.71 Å². The first-order valence-electron chi connectivity index (χ1n) is 30.9. The molecule has 12 rings (SSSR count). The largest absolute Gasteiger partial charge is 0.388 e. The van der Waals surface area contributed by atoms with Gasteiger partial charge >= 0.3 is 0 Å². The topological polar surface area (TPSA) is 156 Å². The zero-order valence-electron chi connectivity index (χ0n) is 53.7. The molecule has 0 amide bonds. The van der Waals surface area contributed by atoms with E-state index < -0.39 is 0 Å². The van der Waals surface area contributed by atoms with E-state index in [1.54, 1.807) is 0 Å². The fourth-order valence-electron chi connectivity index (χ4n) is 9.31. The van der Waals surface area contributed by atoms with Crippen molar-refractivity contribution in [3.63, 3.8) is 0 Å². The minimum Gasteiger partial charge on any atom is -0.388 e. The number of nitrogens with zero attached hydrogens (tertiary/aromatic N) is 3. The Balaban J connectivity index is 0.000000207. The number of allylic oxidation sites excluding steroid dienone is 8. The van der Waals surface area contributed by atoms with Gasteiger partial charge in [-0.05, 0) is 234 Å². The van der Waals surface area contributed by atoms with Gasteiger partial charge in [-0.1, -0.05) is 93.1 Å². The first-order valence-corrected chi connectivity index (χ1v) is 30.9. The molecular formula is C83H95N12+3. The Labute approximate surface area is 565 Å². The molecule has 0 fully saturated rings. The highest BCUT2D eigenvalue weighted by Gasteiger charge is 2.07. The monoisotopic (exact) mass is 1260 g/mol. The van der Waals surface area contributed by atoms with Crippen LogP contribution in [-0.2, 0) is 0 Å². The summed E-state index contributed by atoms with van der Waals surface area (Å²) in [7, 11) is 7.67. The molecule has 0 radical (unpaired) electrons. The van der Waals surface area contributed by atoms with Gasteiger partial charge < -0.3 is 31.9 Å². The number of benzene rings is 10. The number of anilines is 9. The number of aliphatic imine (C=N–C) groups is 3. The summed E-state index contributed by atoms with van der Waals surface area (Å²) in [6, 6.07) is 83.1. The number of aryl methyl sites for hydroxylation is 4. The Hall–Kier alpha value is -11.4. The van der Waals surface area contributed by atoms with Crippen molar-refractivity contribution in [2.24, 2.45) is 15.0 Å². The molecule has 11 N–H and O–H groups in total. The van der Waals surface area contributed by atoms with Crippen LogP contribution in [0.5, 0.6) is 0 Å². The maximum absolute atomic E-state index is 4.69. The van der Waals surface area contributed by atoms with Crippen molar-refractivity contribution in [2.45, 2.75) is 50.0 Å². The Morgan fingerprint density at radius 3 is 0.716 bits per heavy atom. The highest BCUT2D eigenvalue weighted by molar-refractivity contribution is 6.19. The third-order valence-electron chi connectivity index (χ3n) is 14.7. The van der Waals surface area contributed by atoms with Gasteiger partial charge in [-0.15, -0.1) is 0 Å². The lowest BCUT2D eigenvalue weighted by molar-refractivity contribution is -0.479. The molecule has 0 spiro atoms. The minimum atomic E-state index is 0. The van der Waals surface area contributed by atoms with Crippen LogP contribution in [-0.4, -0.2) is 51.0 Å². The molecule has 0 saturated carbocycles. The van der Waals surface area contributed by atoms with Crippen molar-refractivity contribution >= 4 is 114 Å². The van der Waals surface area contributed by atoms with Crippen LogP contribution in [0.15, 0.2) is 306 Å². The van der Waals surface area contributed by atoms with Crippen LogP contribution in [0.3, 0.4) is 0 Å². The molecule has 484 valence electrons. The van der Waals surface area contributed by atoms with Crippen LogP contribution in [0, 0.1) is 27.7 Å². The van der Waals surface area contributed by atoms with Gasteiger partial charge in [0.2, 0.25) is 0 Å². The van der Waals surface area contributed by atoms with Crippen LogP contribution < -0.4 is 47.5 Å². The van der Waals surface area contributed by atoms with E-state index in [0.29, 0.717) is 0 Å². The highest BCUT2D eigenvalue weighted by atomic mass is 14.9. The molecule has 10 aromatic carbocycles. The van der Waals surface area contributed by atoms with E-state index in [-0.39, 0.29) is 22.3 Å². The van der Waals surface area contributed by atoms with Crippen molar-refractivity contribution in [1.29, 1.82) is 0 Å². The van der Waals surface area contributed by atoms with Crippen molar-refractivity contribution in [3.05, 3.63) is 314 Å². The van der Waals surface area contributed by atoms with Crippen LogP contribution >= 0.6 is 0 Å². The zero-order chi connectivity index (χ0) is 64.3. The van der Waals surface area contributed by atoms with E-state index in [1.165, 1.54) is 45.0 Å². The molecule has 0 saturated heterocycles. The standard InChI is InChI=1S/2C26H24N4.2C14H16N2.3CH4/c2*1-19-3-5-21(6-4-19)28-23-11-13-25(14-12-23)30-26-17-15-24(16-18-26)29-22-9-7-20(27-2)8-10-22;2*1-11-3-5-13(6-4-11)16-14-9-7-12(15-2)8-10-14;;;/h3-18,28,30H,1-2H3;3-18,27,29H,1-2H3;2*3-10,15-16H,1-2H3;3*1H4/p+3. The van der Waals surface area contributed by atoms with Crippen LogP contribution in [0.1, 0.15) is 44.5 Å². The predicted molar refractivity (Wildman–Crippen MR) is 414 cm³/mol. The maximum Gasteiger partial charge on any atom is 0.198 e. The SMILES string of the molecule is C.C.C.CNc1ccc(Nc2ccc(C)cc2)cc1.CNc1ccc(Nc2ccc(N=C3C=CC(=Nc4ccc(C)cc4)C=C3)cc2)cc1.CNc1ccc([NH2+]c2ccc(C)cc2)cc1.C[NH+]=C1C=CC(=Nc2ccc(Nc3ccc([NH2+]c4ccc(C)cc4)cc3)cc2)C=C1. The molecule has 12 heteroatoms. The Morgan fingerprint density at radius 2 is 0.442 bits per heavy atom. The van der Waals surface area contributed by atoms with Crippen LogP contribution in [0.25, 0.3) is 0 Å². The number of nitrogens with one attached hydrogen (secondary N) is 7. The van der Waals surface area contributed by atoms with E-state index >= 15 is 0 Å².